The minimum absolute atomic E-state index is 0.195. The predicted molar refractivity (Wildman–Crippen MR) is 53.1 cm³/mol. The van der Waals surface area contributed by atoms with Gasteiger partial charge in [0, 0.05) is 0 Å². The second kappa shape index (κ2) is 3.47. The lowest BCUT2D eigenvalue weighted by atomic mass is 9.99. The summed E-state index contributed by atoms with van der Waals surface area (Å²) in [4.78, 5) is 11.5. The van der Waals surface area contributed by atoms with Crippen LogP contribution in [-0.2, 0) is 19.0 Å². The Morgan fingerprint density at radius 1 is 1.47 bits per heavy atom. The summed E-state index contributed by atoms with van der Waals surface area (Å²) in [5.74, 6) is -1.02. The number of carbonyl (C=O) groups is 1. The molecule has 2 aliphatic rings. The highest BCUT2D eigenvalue weighted by Crippen LogP contribution is 2.34. The summed E-state index contributed by atoms with van der Waals surface area (Å²) in [6.45, 7) is 3.65. The molecular weight excluding hydrogens is 196 g/mol. The van der Waals surface area contributed by atoms with Crippen molar-refractivity contribution < 1.29 is 19.0 Å². The average molecular weight is 210 g/mol. The molecule has 4 heteroatoms. The molecule has 82 valence electrons. The van der Waals surface area contributed by atoms with E-state index < -0.39 is 5.79 Å². The Balaban J connectivity index is 2.24. The molecular formula is C11H14O4. The molecule has 0 amide bonds. The van der Waals surface area contributed by atoms with Gasteiger partial charge in [-0.2, -0.15) is 0 Å². The summed E-state index contributed by atoms with van der Waals surface area (Å²) >= 11 is 0. The molecule has 0 bridgehead atoms. The number of hydrogen-bond donors (Lipinski definition) is 0. The molecule has 0 aromatic heterocycles. The summed E-state index contributed by atoms with van der Waals surface area (Å²) in [5.41, 5.74) is 0.510. The number of ether oxygens (including phenoxy) is 3. The first-order chi connectivity index (χ1) is 7.03. The number of fused-ring (bicyclic) bond motifs is 1. The largest absolute Gasteiger partial charge is 0.466 e. The third kappa shape index (κ3) is 1.82. The first kappa shape index (κ1) is 10.4. The van der Waals surface area contributed by atoms with Gasteiger partial charge in [-0.3, -0.25) is 0 Å². The minimum Gasteiger partial charge on any atom is -0.466 e. The van der Waals surface area contributed by atoms with Crippen LogP contribution in [0, 0.1) is 0 Å². The first-order valence-electron chi connectivity index (χ1n) is 4.86. The van der Waals surface area contributed by atoms with Crippen molar-refractivity contribution in [2.75, 3.05) is 7.11 Å². The average Bonchev–Trinajstić information content (AvgIpc) is 2.49. The number of allylic oxidation sites excluding steroid dienone is 2. The van der Waals surface area contributed by atoms with E-state index in [-0.39, 0.29) is 18.2 Å². The van der Waals surface area contributed by atoms with Gasteiger partial charge in [-0.25, -0.2) is 4.79 Å². The van der Waals surface area contributed by atoms with Crippen LogP contribution in [0.4, 0.5) is 0 Å². The van der Waals surface area contributed by atoms with Crippen LogP contribution in [0.1, 0.15) is 13.8 Å². The fourth-order valence-corrected chi connectivity index (χ4v) is 1.84. The summed E-state index contributed by atoms with van der Waals surface area (Å²) in [6.07, 6.45) is 4.83. The molecule has 1 aliphatic carbocycles. The van der Waals surface area contributed by atoms with E-state index in [0.717, 1.165) is 0 Å². The normalized spacial score (nSPS) is 32.1. The van der Waals surface area contributed by atoms with Crippen LogP contribution in [-0.4, -0.2) is 31.1 Å². The van der Waals surface area contributed by atoms with Crippen LogP contribution in [0.25, 0.3) is 0 Å². The number of esters is 1. The molecule has 4 nitrogen and oxygen atoms in total. The van der Waals surface area contributed by atoms with Crippen molar-refractivity contribution in [2.45, 2.75) is 31.8 Å². The SMILES string of the molecule is COC(=O)C1=CC=C[C@H]2OC(C)(C)O[C@@H]12. The van der Waals surface area contributed by atoms with Gasteiger partial charge in [0.2, 0.25) is 0 Å². The molecule has 0 unspecified atom stereocenters. The van der Waals surface area contributed by atoms with Gasteiger partial charge >= 0.3 is 5.97 Å². The highest BCUT2D eigenvalue weighted by molar-refractivity contribution is 5.90. The molecule has 0 radical (unpaired) electrons. The lowest BCUT2D eigenvalue weighted by Gasteiger charge is -2.18. The molecule has 1 saturated heterocycles. The Bertz CT molecular complexity index is 340. The van der Waals surface area contributed by atoms with Gasteiger partial charge in [0.1, 0.15) is 12.2 Å². The van der Waals surface area contributed by atoms with Gasteiger partial charge < -0.3 is 14.2 Å². The molecule has 0 saturated carbocycles. The van der Waals surface area contributed by atoms with Crippen LogP contribution in [0.3, 0.4) is 0 Å². The lowest BCUT2D eigenvalue weighted by molar-refractivity contribution is -0.145. The summed E-state index contributed by atoms with van der Waals surface area (Å²) < 4.78 is 16.0. The van der Waals surface area contributed by atoms with Gasteiger partial charge in [0.15, 0.2) is 5.79 Å². The molecule has 1 heterocycles. The Morgan fingerprint density at radius 2 is 2.20 bits per heavy atom. The maximum absolute atomic E-state index is 11.5. The van der Waals surface area contributed by atoms with E-state index in [4.69, 9.17) is 9.47 Å². The highest BCUT2D eigenvalue weighted by atomic mass is 16.8. The fraction of sp³-hybridized carbons (Fsp3) is 0.545. The third-order valence-corrected chi connectivity index (χ3v) is 2.43. The first-order valence-corrected chi connectivity index (χ1v) is 4.86. The zero-order valence-corrected chi connectivity index (χ0v) is 9.02. The van der Waals surface area contributed by atoms with Gasteiger partial charge in [-0.05, 0) is 19.9 Å². The topological polar surface area (TPSA) is 44.8 Å². The molecule has 15 heavy (non-hydrogen) atoms. The Kier molecular flexibility index (Phi) is 2.40. The lowest BCUT2D eigenvalue weighted by Crippen LogP contribution is -2.29. The van der Waals surface area contributed by atoms with E-state index in [1.807, 2.05) is 19.9 Å². The van der Waals surface area contributed by atoms with E-state index in [2.05, 4.69) is 4.74 Å². The number of rotatable bonds is 1. The molecule has 0 spiro atoms. The monoisotopic (exact) mass is 210 g/mol. The second-order valence-electron chi connectivity index (χ2n) is 4.02. The van der Waals surface area contributed by atoms with Crippen LogP contribution >= 0.6 is 0 Å². The van der Waals surface area contributed by atoms with E-state index in [9.17, 15) is 4.79 Å². The minimum atomic E-state index is -0.656. The van der Waals surface area contributed by atoms with Crippen molar-refractivity contribution in [1.82, 2.24) is 0 Å². The number of methoxy groups -OCH3 is 1. The van der Waals surface area contributed by atoms with Crippen molar-refractivity contribution in [1.29, 1.82) is 0 Å². The van der Waals surface area contributed by atoms with Crippen molar-refractivity contribution in [3.63, 3.8) is 0 Å². The van der Waals surface area contributed by atoms with Crippen LogP contribution < -0.4 is 0 Å². The van der Waals surface area contributed by atoms with Crippen LogP contribution in [0.5, 0.6) is 0 Å². The van der Waals surface area contributed by atoms with Crippen molar-refractivity contribution >= 4 is 5.97 Å². The van der Waals surface area contributed by atoms with E-state index in [1.165, 1.54) is 7.11 Å². The van der Waals surface area contributed by atoms with Crippen molar-refractivity contribution in [3.8, 4) is 0 Å². The highest BCUT2D eigenvalue weighted by Gasteiger charge is 2.44. The summed E-state index contributed by atoms with van der Waals surface area (Å²) in [6, 6.07) is 0. The molecule has 2 atom stereocenters. The van der Waals surface area contributed by atoms with Crippen LogP contribution in [0.15, 0.2) is 23.8 Å². The number of hydrogen-bond acceptors (Lipinski definition) is 4. The smallest absolute Gasteiger partial charge is 0.336 e. The molecule has 2 rings (SSSR count). The maximum Gasteiger partial charge on any atom is 0.336 e. The zero-order valence-electron chi connectivity index (χ0n) is 9.02. The molecule has 1 aliphatic heterocycles. The van der Waals surface area contributed by atoms with Crippen LogP contribution in [0.2, 0.25) is 0 Å². The Hall–Kier alpha value is -1.13. The van der Waals surface area contributed by atoms with Crippen molar-refractivity contribution in [3.05, 3.63) is 23.8 Å². The van der Waals surface area contributed by atoms with E-state index in [1.54, 1.807) is 12.2 Å². The fourth-order valence-electron chi connectivity index (χ4n) is 1.84. The standard InChI is InChI=1S/C11H14O4/c1-11(2)14-8-6-4-5-7(9(8)15-11)10(12)13-3/h4-6,8-9H,1-3H3/t8-,9+/m1/s1. The molecule has 1 fully saturated rings. The summed E-state index contributed by atoms with van der Waals surface area (Å²) in [7, 11) is 1.36. The van der Waals surface area contributed by atoms with Crippen molar-refractivity contribution in [2.24, 2.45) is 0 Å². The second-order valence-corrected chi connectivity index (χ2v) is 4.02. The van der Waals surface area contributed by atoms with E-state index >= 15 is 0 Å². The molecule has 0 aromatic carbocycles. The Morgan fingerprint density at radius 3 is 2.87 bits per heavy atom. The quantitative estimate of drug-likeness (QED) is 0.609. The third-order valence-electron chi connectivity index (χ3n) is 2.43. The van der Waals surface area contributed by atoms with Gasteiger partial charge in [0.05, 0.1) is 12.7 Å². The van der Waals surface area contributed by atoms with Gasteiger partial charge in [0.25, 0.3) is 0 Å². The Labute approximate surface area is 88.5 Å². The van der Waals surface area contributed by atoms with Gasteiger partial charge in [-0.1, -0.05) is 12.2 Å². The maximum atomic E-state index is 11.5. The number of carbonyl (C=O) groups excluding carboxylic acids is 1. The van der Waals surface area contributed by atoms with Gasteiger partial charge in [-0.15, -0.1) is 0 Å². The molecule has 0 N–H and O–H groups in total. The zero-order chi connectivity index (χ0) is 11.1. The predicted octanol–water partition coefficient (Wildman–Crippen LogP) is 1.18. The molecule has 0 aromatic rings. The summed E-state index contributed by atoms with van der Waals surface area (Å²) in [5, 5.41) is 0. The van der Waals surface area contributed by atoms with E-state index in [0.29, 0.717) is 5.57 Å².